The van der Waals surface area contributed by atoms with Crippen LogP contribution in [0.4, 0.5) is 5.13 Å². The highest BCUT2D eigenvalue weighted by Crippen LogP contribution is 2.36. The zero-order chi connectivity index (χ0) is 19.8. The number of carbonyl (C=O) groups excluding carboxylic acids is 2. The zero-order valence-electron chi connectivity index (χ0n) is 16.3. The number of hydrogen-bond donors (Lipinski definition) is 1. The predicted octanol–water partition coefficient (Wildman–Crippen LogP) is 4.47. The smallest absolute Gasteiger partial charge is 0.236 e. The maximum atomic E-state index is 12.2. The molecule has 0 spiro atoms. The Bertz CT molecular complexity index is 756. The number of nitrogens with one attached hydrogen (secondary N) is 1. The molecule has 2 rings (SSSR count). The zero-order valence-corrected chi connectivity index (χ0v) is 18.0. The van der Waals surface area contributed by atoms with Gasteiger partial charge in [0.25, 0.3) is 0 Å². The number of anilines is 1. The molecule has 0 aliphatic heterocycles. The second-order valence-electron chi connectivity index (χ2n) is 6.36. The number of carbonyl (C=O) groups is 2. The summed E-state index contributed by atoms with van der Waals surface area (Å²) in [4.78, 5) is 31.8. The summed E-state index contributed by atoms with van der Waals surface area (Å²) in [5.41, 5.74) is 1.98. The number of nitrogens with zero attached hydrogens (tertiary/aromatic N) is 2. The minimum absolute atomic E-state index is 0.0699. The highest BCUT2D eigenvalue weighted by molar-refractivity contribution is 8.00. The Morgan fingerprint density at radius 1 is 1.15 bits per heavy atom. The Labute approximate surface area is 169 Å². The molecule has 2 amide bonds. The second-order valence-corrected chi connectivity index (χ2v) is 8.38. The average molecular weight is 406 g/mol. The van der Waals surface area contributed by atoms with Crippen molar-refractivity contribution in [1.29, 1.82) is 0 Å². The minimum atomic E-state index is -0.129. The molecule has 1 N–H and O–H groups in total. The average Bonchev–Trinajstić information content (AvgIpc) is 3.07. The first kappa shape index (κ1) is 21.4. The van der Waals surface area contributed by atoms with Gasteiger partial charge in [0.1, 0.15) is 0 Å². The molecule has 5 nitrogen and oxygen atoms in total. The normalized spacial score (nSPS) is 10.9. The van der Waals surface area contributed by atoms with Crippen molar-refractivity contribution in [1.82, 2.24) is 9.88 Å². The van der Waals surface area contributed by atoms with E-state index in [9.17, 15) is 9.59 Å². The van der Waals surface area contributed by atoms with E-state index in [0.717, 1.165) is 16.1 Å². The van der Waals surface area contributed by atoms with Crippen molar-refractivity contribution >= 4 is 40.0 Å². The molecule has 0 bridgehead atoms. The van der Waals surface area contributed by atoms with Gasteiger partial charge >= 0.3 is 0 Å². The van der Waals surface area contributed by atoms with Crippen molar-refractivity contribution in [2.45, 2.75) is 33.6 Å². The van der Waals surface area contributed by atoms with Gasteiger partial charge in [-0.3, -0.25) is 9.59 Å². The molecule has 146 valence electrons. The summed E-state index contributed by atoms with van der Waals surface area (Å²) in [6.07, 6.45) is 0. The molecular formula is C20H27N3O2S2. The molecular weight excluding hydrogens is 378 g/mol. The van der Waals surface area contributed by atoms with E-state index in [0.29, 0.717) is 29.9 Å². The lowest BCUT2D eigenvalue weighted by molar-refractivity contribution is -0.127. The number of thioether (sulfide) groups is 1. The summed E-state index contributed by atoms with van der Waals surface area (Å²) in [6.45, 7) is 9.55. The van der Waals surface area contributed by atoms with Gasteiger partial charge in [-0.15, -0.1) is 23.1 Å². The number of benzene rings is 1. The Morgan fingerprint density at radius 2 is 1.81 bits per heavy atom. The van der Waals surface area contributed by atoms with Gasteiger partial charge in [-0.2, -0.15) is 0 Å². The number of aromatic nitrogens is 1. The summed E-state index contributed by atoms with van der Waals surface area (Å²) < 4.78 is 0. The van der Waals surface area contributed by atoms with Gasteiger partial charge in [0.15, 0.2) is 5.13 Å². The molecule has 27 heavy (non-hydrogen) atoms. The van der Waals surface area contributed by atoms with Crippen LogP contribution in [0.15, 0.2) is 30.3 Å². The summed E-state index contributed by atoms with van der Waals surface area (Å²) in [5.74, 6) is 0.824. The topological polar surface area (TPSA) is 62.3 Å². The molecule has 0 atom stereocenters. The quantitative estimate of drug-likeness (QED) is 0.668. The first-order valence-electron chi connectivity index (χ1n) is 9.17. The molecule has 1 heterocycles. The van der Waals surface area contributed by atoms with Crippen molar-refractivity contribution in [3.8, 4) is 11.3 Å². The van der Waals surface area contributed by atoms with Gasteiger partial charge < -0.3 is 10.2 Å². The maximum absolute atomic E-state index is 12.2. The van der Waals surface area contributed by atoms with Crippen LogP contribution in [0, 0.1) is 0 Å². The van der Waals surface area contributed by atoms with Gasteiger partial charge in [-0.05, 0) is 19.8 Å². The molecule has 0 fully saturated rings. The van der Waals surface area contributed by atoms with Crippen LogP contribution in [0.3, 0.4) is 0 Å². The summed E-state index contributed by atoms with van der Waals surface area (Å²) in [5, 5.41) is 3.49. The van der Waals surface area contributed by atoms with Crippen molar-refractivity contribution in [2.75, 3.05) is 29.9 Å². The SMILES string of the molecule is CCN(CC)C(=O)CSCC(=O)Nc1nc(-c2ccccc2)c(C(C)C)s1. The molecule has 0 unspecified atom stereocenters. The van der Waals surface area contributed by atoms with E-state index in [1.807, 2.05) is 44.2 Å². The van der Waals surface area contributed by atoms with Gasteiger partial charge in [-0.1, -0.05) is 44.2 Å². The van der Waals surface area contributed by atoms with Crippen LogP contribution in [-0.4, -0.2) is 46.3 Å². The molecule has 2 aromatic rings. The van der Waals surface area contributed by atoms with E-state index < -0.39 is 0 Å². The maximum Gasteiger partial charge on any atom is 0.236 e. The molecule has 0 saturated carbocycles. The van der Waals surface area contributed by atoms with Crippen LogP contribution in [0.5, 0.6) is 0 Å². The first-order chi connectivity index (χ1) is 13.0. The molecule has 0 saturated heterocycles. The molecule has 0 aliphatic carbocycles. The summed E-state index contributed by atoms with van der Waals surface area (Å²) in [6, 6.07) is 10.0. The molecule has 1 aromatic heterocycles. The van der Waals surface area contributed by atoms with Gasteiger partial charge in [0.2, 0.25) is 11.8 Å². The standard InChI is InChI=1S/C20H27N3O2S2/c1-5-23(6-2)17(25)13-26-12-16(24)21-20-22-18(19(27-20)14(3)4)15-10-8-7-9-11-15/h7-11,14H,5-6,12-13H2,1-4H3,(H,21,22,24). The highest BCUT2D eigenvalue weighted by atomic mass is 32.2. The lowest BCUT2D eigenvalue weighted by atomic mass is 10.1. The van der Waals surface area contributed by atoms with E-state index in [2.05, 4.69) is 24.1 Å². The van der Waals surface area contributed by atoms with E-state index in [1.165, 1.54) is 23.1 Å². The Morgan fingerprint density at radius 3 is 2.41 bits per heavy atom. The lowest BCUT2D eigenvalue weighted by Gasteiger charge is -2.17. The Balaban J connectivity index is 1.97. The fourth-order valence-corrected chi connectivity index (χ4v) is 4.36. The number of amides is 2. The fraction of sp³-hybridized carbons (Fsp3) is 0.450. The molecule has 0 aliphatic rings. The van der Waals surface area contributed by atoms with Crippen LogP contribution in [-0.2, 0) is 9.59 Å². The third-order valence-corrected chi connectivity index (χ3v) is 6.23. The van der Waals surface area contributed by atoms with Crippen molar-refractivity contribution in [2.24, 2.45) is 0 Å². The monoisotopic (exact) mass is 405 g/mol. The minimum Gasteiger partial charge on any atom is -0.343 e. The number of rotatable bonds is 9. The molecule has 0 radical (unpaired) electrons. The van der Waals surface area contributed by atoms with E-state index in [-0.39, 0.29) is 17.6 Å². The molecule has 1 aromatic carbocycles. The van der Waals surface area contributed by atoms with Crippen molar-refractivity contribution < 1.29 is 9.59 Å². The van der Waals surface area contributed by atoms with Crippen LogP contribution >= 0.6 is 23.1 Å². The second kappa shape index (κ2) is 10.5. The third kappa shape index (κ3) is 6.07. The predicted molar refractivity (Wildman–Crippen MR) is 116 cm³/mol. The Hall–Kier alpha value is -1.86. The van der Waals surface area contributed by atoms with Gasteiger partial charge in [0.05, 0.1) is 17.2 Å². The lowest BCUT2D eigenvalue weighted by Crippen LogP contribution is -2.32. The molecule has 7 heteroatoms. The summed E-state index contributed by atoms with van der Waals surface area (Å²) in [7, 11) is 0. The number of hydrogen-bond acceptors (Lipinski definition) is 5. The first-order valence-corrected chi connectivity index (χ1v) is 11.1. The Kier molecular flexibility index (Phi) is 8.31. The highest BCUT2D eigenvalue weighted by Gasteiger charge is 2.17. The summed E-state index contributed by atoms with van der Waals surface area (Å²) >= 11 is 2.85. The number of thiazole rings is 1. The van der Waals surface area contributed by atoms with Crippen LogP contribution in [0.25, 0.3) is 11.3 Å². The van der Waals surface area contributed by atoms with E-state index >= 15 is 0 Å². The van der Waals surface area contributed by atoms with E-state index in [1.54, 1.807) is 4.90 Å². The fourth-order valence-electron chi connectivity index (χ4n) is 2.63. The van der Waals surface area contributed by atoms with Gasteiger partial charge in [-0.25, -0.2) is 4.98 Å². The van der Waals surface area contributed by atoms with E-state index in [4.69, 9.17) is 0 Å². The van der Waals surface area contributed by atoms with Crippen molar-refractivity contribution in [3.63, 3.8) is 0 Å². The third-order valence-electron chi connectivity index (χ3n) is 4.05. The van der Waals surface area contributed by atoms with Gasteiger partial charge in [0, 0.05) is 23.5 Å². The van der Waals surface area contributed by atoms with Crippen LogP contribution < -0.4 is 5.32 Å². The van der Waals surface area contributed by atoms with Crippen LogP contribution in [0.2, 0.25) is 0 Å². The largest absolute Gasteiger partial charge is 0.343 e. The van der Waals surface area contributed by atoms with Crippen molar-refractivity contribution in [3.05, 3.63) is 35.2 Å². The van der Waals surface area contributed by atoms with Crippen LogP contribution in [0.1, 0.15) is 38.5 Å².